The average molecular weight is 346 g/mol. The van der Waals surface area contributed by atoms with Gasteiger partial charge in [0.1, 0.15) is 0 Å². The molecule has 2 N–H and O–H groups in total. The van der Waals surface area contributed by atoms with Gasteiger partial charge >= 0.3 is 0 Å². The Bertz CT molecular complexity index is 416. The van der Waals surface area contributed by atoms with E-state index < -0.39 is 0 Å². The summed E-state index contributed by atoms with van der Waals surface area (Å²) in [6, 6.07) is 2.11. The number of nitrogens with zero attached hydrogens (tertiary/aromatic N) is 1. The van der Waals surface area contributed by atoms with Crippen molar-refractivity contribution in [3.8, 4) is 0 Å². The Morgan fingerprint density at radius 1 is 1.58 bits per heavy atom. The molecule has 1 saturated heterocycles. The van der Waals surface area contributed by atoms with Crippen molar-refractivity contribution < 1.29 is 4.74 Å². The van der Waals surface area contributed by atoms with E-state index in [0.29, 0.717) is 12.6 Å². The lowest BCUT2D eigenvalue weighted by molar-refractivity contribution is 0.114. The average Bonchev–Trinajstić information content (AvgIpc) is 3.04. The Balaban J connectivity index is 1.83. The van der Waals surface area contributed by atoms with Gasteiger partial charge in [-0.1, -0.05) is 0 Å². The highest BCUT2D eigenvalue weighted by atomic mass is 79.9. The summed E-state index contributed by atoms with van der Waals surface area (Å²) in [5.74, 6) is 0.861. The number of aliphatic imine (C=N–C) groups is 1. The van der Waals surface area contributed by atoms with Crippen molar-refractivity contribution in [2.24, 2.45) is 4.99 Å². The number of halogens is 1. The minimum atomic E-state index is 0.333. The fraction of sp³-hybridized carbons (Fsp3) is 0.615. The van der Waals surface area contributed by atoms with Crippen LogP contribution in [-0.4, -0.2) is 31.8 Å². The second kappa shape index (κ2) is 7.87. The normalized spacial score (nSPS) is 19.7. The maximum absolute atomic E-state index is 5.60. The maximum atomic E-state index is 5.60. The van der Waals surface area contributed by atoms with Crippen LogP contribution in [0.15, 0.2) is 20.2 Å². The summed E-state index contributed by atoms with van der Waals surface area (Å²) in [6.45, 7) is 5.36. The van der Waals surface area contributed by atoms with Gasteiger partial charge in [-0.05, 0) is 52.7 Å². The Morgan fingerprint density at radius 3 is 3.11 bits per heavy atom. The molecule has 0 saturated carbocycles. The van der Waals surface area contributed by atoms with Crippen molar-refractivity contribution in [2.75, 3.05) is 19.7 Å². The predicted octanol–water partition coefficient (Wildman–Crippen LogP) is 2.74. The summed E-state index contributed by atoms with van der Waals surface area (Å²) < 4.78 is 6.75. The van der Waals surface area contributed by atoms with Gasteiger partial charge < -0.3 is 15.4 Å². The van der Waals surface area contributed by atoms with Gasteiger partial charge in [-0.3, -0.25) is 0 Å². The van der Waals surface area contributed by atoms with E-state index in [1.54, 1.807) is 11.3 Å². The number of rotatable bonds is 5. The molecule has 0 bridgehead atoms. The largest absolute Gasteiger partial charge is 0.376 e. The predicted molar refractivity (Wildman–Crippen MR) is 83.8 cm³/mol. The topological polar surface area (TPSA) is 45.7 Å². The van der Waals surface area contributed by atoms with E-state index in [1.807, 2.05) is 0 Å². The molecule has 1 aliphatic heterocycles. The maximum Gasteiger partial charge on any atom is 0.191 e. The molecule has 0 radical (unpaired) electrons. The standard InChI is InChI=1S/C13H20BrN3OS/c1-2-15-13(17-8-11-4-3-5-18-11)16-7-10-6-12(14)19-9-10/h6,9,11H,2-5,7-8H2,1H3,(H2,15,16,17). The van der Waals surface area contributed by atoms with Crippen molar-refractivity contribution in [1.82, 2.24) is 10.6 Å². The van der Waals surface area contributed by atoms with Crippen LogP contribution in [0.2, 0.25) is 0 Å². The molecule has 0 aromatic carbocycles. The summed E-state index contributed by atoms with van der Waals surface area (Å²) in [5.41, 5.74) is 1.23. The smallest absolute Gasteiger partial charge is 0.191 e. The molecular formula is C13H20BrN3OS. The highest BCUT2D eigenvalue weighted by Gasteiger charge is 2.15. The minimum absolute atomic E-state index is 0.333. The van der Waals surface area contributed by atoms with E-state index >= 15 is 0 Å². The Labute approximate surface area is 126 Å². The molecule has 1 unspecified atom stereocenters. The first-order valence-corrected chi connectivity index (χ1v) is 8.32. The van der Waals surface area contributed by atoms with Gasteiger partial charge in [0.15, 0.2) is 5.96 Å². The second-order valence-electron chi connectivity index (χ2n) is 4.47. The first-order chi connectivity index (χ1) is 9.28. The highest BCUT2D eigenvalue weighted by Crippen LogP contribution is 2.21. The van der Waals surface area contributed by atoms with Gasteiger partial charge in [-0.2, -0.15) is 0 Å². The van der Waals surface area contributed by atoms with Crippen LogP contribution in [0.3, 0.4) is 0 Å². The minimum Gasteiger partial charge on any atom is -0.376 e. The molecule has 0 spiro atoms. The van der Waals surface area contributed by atoms with Crippen molar-refractivity contribution >= 4 is 33.2 Å². The molecule has 0 amide bonds. The summed E-state index contributed by atoms with van der Waals surface area (Å²) in [7, 11) is 0. The molecule has 4 nitrogen and oxygen atoms in total. The van der Waals surface area contributed by atoms with Gasteiger partial charge in [-0.25, -0.2) is 4.99 Å². The number of ether oxygens (including phenoxy) is 1. The molecule has 6 heteroatoms. The van der Waals surface area contributed by atoms with E-state index in [1.165, 1.54) is 12.0 Å². The SMILES string of the molecule is CCNC(=NCc1csc(Br)c1)NCC1CCCO1. The zero-order valence-electron chi connectivity index (χ0n) is 11.1. The number of thiophene rings is 1. The Morgan fingerprint density at radius 2 is 2.47 bits per heavy atom. The van der Waals surface area contributed by atoms with Gasteiger partial charge in [0.25, 0.3) is 0 Å². The summed E-state index contributed by atoms with van der Waals surface area (Å²) in [5, 5.41) is 8.73. The zero-order valence-corrected chi connectivity index (χ0v) is 13.5. The summed E-state index contributed by atoms with van der Waals surface area (Å²) in [6.07, 6.45) is 2.64. The van der Waals surface area contributed by atoms with Crippen molar-refractivity contribution in [3.63, 3.8) is 0 Å². The number of guanidine groups is 1. The molecule has 2 rings (SSSR count). The molecule has 1 aromatic rings. The van der Waals surface area contributed by atoms with E-state index in [4.69, 9.17) is 4.74 Å². The summed E-state index contributed by atoms with van der Waals surface area (Å²) >= 11 is 5.16. The molecule has 0 aliphatic carbocycles. The molecular weight excluding hydrogens is 326 g/mol. The number of hydrogen-bond donors (Lipinski definition) is 2. The molecule has 1 atom stereocenters. The van der Waals surface area contributed by atoms with Crippen LogP contribution in [0.5, 0.6) is 0 Å². The Kier molecular flexibility index (Phi) is 6.13. The summed E-state index contributed by atoms with van der Waals surface area (Å²) in [4.78, 5) is 4.58. The molecule has 1 aliphatic rings. The third-order valence-electron chi connectivity index (χ3n) is 2.91. The molecule has 1 aromatic heterocycles. The first kappa shape index (κ1) is 14.8. The second-order valence-corrected chi connectivity index (χ2v) is 6.76. The van der Waals surface area contributed by atoms with Crippen molar-refractivity contribution in [2.45, 2.75) is 32.4 Å². The zero-order chi connectivity index (χ0) is 13.5. The van der Waals surface area contributed by atoms with Crippen molar-refractivity contribution in [1.29, 1.82) is 0 Å². The van der Waals surface area contributed by atoms with Crippen LogP contribution >= 0.6 is 27.3 Å². The van der Waals surface area contributed by atoms with Gasteiger partial charge in [0, 0.05) is 19.7 Å². The van der Waals surface area contributed by atoms with Gasteiger partial charge in [-0.15, -0.1) is 11.3 Å². The van der Waals surface area contributed by atoms with Crippen LogP contribution in [0, 0.1) is 0 Å². The highest BCUT2D eigenvalue weighted by molar-refractivity contribution is 9.11. The lowest BCUT2D eigenvalue weighted by Gasteiger charge is -2.14. The van der Waals surface area contributed by atoms with Crippen LogP contribution < -0.4 is 10.6 Å². The molecule has 19 heavy (non-hydrogen) atoms. The Hall–Kier alpha value is -0.590. The molecule has 1 fully saturated rings. The quantitative estimate of drug-likeness (QED) is 0.637. The van der Waals surface area contributed by atoms with E-state index in [2.05, 4.69) is 49.9 Å². The van der Waals surface area contributed by atoms with Crippen LogP contribution in [0.25, 0.3) is 0 Å². The van der Waals surface area contributed by atoms with Crippen LogP contribution in [-0.2, 0) is 11.3 Å². The number of nitrogens with one attached hydrogen (secondary N) is 2. The first-order valence-electron chi connectivity index (χ1n) is 6.64. The van der Waals surface area contributed by atoms with Crippen LogP contribution in [0.1, 0.15) is 25.3 Å². The van der Waals surface area contributed by atoms with Crippen LogP contribution in [0.4, 0.5) is 0 Å². The van der Waals surface area contributed by atoms with Gasteiger partial charge in [0.05, 0.1) is 16.4 Å². The monoisotopic (exact) mass is 345 g/mol. The van der Waals surface area contributed by atoms with E-state index in [9.17, 15) is 0 Å². The fourth-order valence-electron chi connectivity index (χ4n) is 1.96. The molecule has 106 valence electrons. The van der Waals surface area contributed by atoms with Gasteiger partial charge in [0.2, 0.25) is 0 Å². The van der Waals surface area contributed by atoms with E-state index in [0.717, 1.165) is 35.9 Å². The van der Waals surface area contributed by atoms with E-state index in [-0.39, 0.29) is 0 Å². The van der Waals surface area contributed by atoms with Crippen molar-refractivity contribution in [3.05, 3.63) is 20.8 Å². The molecule has 2 heterocycles. The third kappa shape index (κ3) is 5.12. The third-order valence-corrected chi connectivity index (χ3v) is 4.46. The lowest BCUT2D eigenvalue weighted by Crippen LogP contribution is -2.41. The fourth-order valence-corrected chi connectivity index (χ4v) is 3.16. The number of hydrogen-bond acceptors (Lipinski definition) is 3. The lowest BCUT2D eigenvalue weighted by atomic mass is 10.2.